The zero-order valence-corrected chi connectivity index (χ0v) is 7.91. The summed E-state index contributed by atoms with van der Waals surface area (Å²) < 4.78 is 25.4. The van der Waals surface area contributed by atoms with Crippen LogP contribution in [0.1, 0.15) is 0 Å². The fourth-order valence-electron chi connectivity index (χ4n) is 1.12. The summed E-state index contributed by atoms with van der Waals surface area (Å²) >= 11 is 0. The van der Waals surface area contributed by atoms with E-state index >= 15 is 0 Å². The van der Waals surface area contributed by atoms with Crippen LogP contribution in [0.15, 0.2) is 9.59 Å². The Morgan fingerprint density at radius 3 is 2.33 bits per heavy atom. The van der Waals surface area contributed by atoms with Gasteiger partial charge in [-0.15, -0.1) is 0 Å². The first-order valence-electron chi connectivity index (χ1n) is 3.99. The van der Waals surface area contributed by atoms with E-state index in [2.05, 4.69) is 0 Å². The van der Waals surface area contributed by atoms with E-state index in [1.807, 2.05) is 0 Å². The summed E-state index contributed by atoms with van der Waals surface area (Å²) in [5.41, 5.74) is 8.45. The number of alkyl halides is 2. The average molecular weight is 220 g/mol. The van der Waals surface area contributed by atoms with Crippen LogP contribution in [0.4, 0.5) is 20.3 Å². The molecule has 0 saturated carbocycles. The molecule has 0 aliphatic rings. The Morgan fingerprint density at radius 1 is 1.33 bits per heavy atom. The highest BCUT2D eigenvalue weighted by Gasteiger charge is 2.15. The van der Waals surface area contributed by atoms with Gasteiger partial charge >= 0.3 is 5.69 Å². The van der Waals surface area contributed by atoms with E-state index in [9.17, 15) is 18.4 Å². The third-order valence-electron chi connectivity index (χ3n) is 1.94. The molecular weight excluding hydrogens is 210 g/mol. The van der Waals surface area contributed by atoms with Crippen LogP contribution in [-0.4, -0.2) is 15.6 Å². The number of aromatic nitrogens is 2. The first-order valence-corrected chi connectivity index (χ1v) is 3.99. The van der Waals surface area contributed by atoms with E-state index in [4.69, 9.17) is 11.5 Å². The summed E-state index contributed by atoms with van der Waals surface area (Å²) in [6.07, 6.45) is -2.75. The van der Waals surface area contributed by atoms with Crippen molar-refractivity contribution in [1.29, 1.82) is 0 Å². The number of hydrogen-bond acceptors (Lipinski definition) is 4. The van der Waals surface area contributed by atoms with Crippen LogP contribution in [0.5, 0.6) is 0 Å². The molecule has 4 N–H and O–H groups in total. The van der Waals surface area contributed by atoms with E-state index in [1.54, 1.807) is 0 Å². The summed E-state index contributed by atoms with van der Waals surface area (Å²) in [5.74, 6) is -0.427. The molecule has 84 valence electrons. The van der Waals surface area contributed by atoms with Crippen LogP contribution in [0.2, 0.25) is 0 Å². The minimum atomic E-state index is -2.75. The van der Waals surface area contributed by atoms with Gasteiger partial charge in [-0.25, -0.2) is 13.6 Å². The van der Waals surface area contributed by atoms with Crippen LogP contribution in [0.25, 0.3) is 0 Å². The maximum absolute atomic E-state index is 12.1. The molecule has 1 aromatic heterocycles. The van der Waals surface area contributed by atoms with Crippen molar-refractivity contribution in [3.63, 3.8) is 0 Å². The Kier molecular flexibility index (Phi) is 2.78. The smallest absolute Gasteiger partial charge is 0.332 e. The topological polar surface area (TPSA) is 96.0 Å². The van der Waals surface area contributed by atoms with Crippen molar-refractivity contribution in [2.24, 2.45) is 7.05 Å². The average Bonchev–Trinajstić information content (AvgIpc) is 2.18. The van der Waals surface area contributed by atoms with Crippen molar-refractivity contribution in [2.75, 3.05) is 11.5 Å². The molecule has 0 fully saturated rings. The Hall–Kier alpha value is -1.86. The lowest BCUT2D eigenvalue weighted by Gasteiger charge is -2.11. The number of nitrogens with zero attached hydrogens (tertiary/aromatic N) is 2. The lowest BCUT2D eigenvalue weighted by Crippen LogP contribution is -2.41. The van der Waals surface area contributed by atoms with Crippen LogP contribution in [0.3, 0.4) is 0 Å². The summed E-state index contributed by atoms with van der Waals surface area (Å²) in [4.78, 5) is 22.6. The summed E-state index contributed by atoms with van der Waals surface area (Å²) in [6, 6.07) is 0. The van der Waals surface area contributed by atoms with Gasteiger partial charge in [0.05, 0.1) is 6.54 Å². The van der Waals surface area contributed by atoms with Gasteiger partial charge < -0.3 is 11.5 Å². The summed E-state index contributed by atoms with van der Waals surface area (Å²) in [7, 11) is 1.14. The van der Waals surface area contributed by atoms with Crippen LogP contribution < -0.4 is 22.7 Å². The molecule has 1 rings (SSSR count). The van der Waals surface area contributed by atoms with Crippen molar-refractivity contribution >= 4 is 11.5 Å². The number of anilines is 2. The van der Waals surface area contributed by atoms with E-state index in [1.165, 1.54) is 0 Å². The van der Waals surface area contributed by atoms with Crippen molar-refractivity contribution in [3.05, 3.63) is 20.8 Å². The molecule has 15 heavy (non-hydrogen) atoms. The summed E-state index contributed by atoms with van der Waals surface area (Å²) in [6.45, 7) is -0.886. The fourth-order valence-corrected chi connectivity index (χ4v) is 1.12. The molecule has 1 aromatic rings. The molecule has 0 spiro atoms. The number of nitrogens with two attached hydrogens (primary N) is 2. The van der Waals surface area contributed by atoms with Crippen molar-refractivity contribution in [2.45, 2.75) is 13.0 Å². The van der Waals surface area contributed by atoms with Gasteiger partial charge in [-0.05, 0) is 0 Å². The minimum Gasteiger partial charge on any atom is -0.391 e. The normalized spacial score (nSPS) is 10.9. The highest BCUT2D eigenvalue weighted by atomic mass is 19.3. The van der Waals surface area contributed by atoms with Gasteiger partial charge in [0.2, 0.25) is 0 Å². The summed E-state index contributed by atoms with van der Waals surface area (Å²) in [5, 5.41) is 0. The maximum Gasteiger partial charge on any atom is 0.332 e. The van der Waals surface area contributed by atoms with Crippen LogP contribution >= 0.6 is 0 Å². The Morgan fingerprint density at radius 2 is 1.87 bits per heavy atom. The van der Waals surface area contributed by atoms with Gasteiger partial charge in [-0.3, -0.25) is 13.9 Å². The molecule has 0 aromatic carbocycles. The minimum absolute atomic E-state index is 0.405. The Bertz CT molecular complexity index is 491. The van der Waals surface area contributed by atoms with E-state index in [-0.39, 0.29) is 0 Å². The number of halogens is 2. The third-order valence-corrected chi connectivity index (χ3v) is 1.94. The van der Waals surface area contributed by atoms with Crippen molar-refractivity contribution in [1.82, 2.24) is 9.13 Å². The van der Waals surface area contributed by atoms with Gasteiger partial charge in [0, 0.05) is 7.05 Å². The molecule has 0 aliphatic heterocycles. The van der Waals surface area contributed by atoms with Crippen molar-refractivity contribution in [3.8, 4) is 0 Å². The van der Waals surface area contributed by atoms with Crippen LogP contribution in [0, 0.1) is 0 Å². The molecule has 6 nitrogen and oxygen atoms in total. The highest BCUT2D eigenvalue weighted by Crippen LogP contribution is 2.07. The zero-order chi connectivity index (χ0) is 11.7. The van der Waals surface area contributed by atoms with Gasteiger partial charge in [-0.2, -0.15) is 0 Å². The van der Waals surface area contributed by atoms with Crippen molar-refractivity contribution < 1.29 is 8.78 Å². The van der Waals surface area contributed by atoms with E-state index in [0.717, 1.165) is 7.05 Å². The molecule has 0 aliphatic carbocycles. The van der Waals surface area contributed by atoms with Gasteiger partial charge in [-0.1, -0.05) is 0 Å². The predicted molar refractivity (Wildman–Crippen MR) is 50.8 cm³/mol. The number of rotatable bonds is 2. The SMILES string of the molecule is Cn1c(=O)c(N)c(N)n(CC(F)F)c1=O. The molecular formula is C7H10F2N4O2. The number of nitrogen functional groups attached to an aromatic ring is 2. The van der Waals surface area contributed by atoms with Gasteiger partial charge in [0.1, 0.15) is 11.5 Å². The molecule has 0 saturated heterocycles. The molecule has 1 heterocycles. The fraction of sp³-hybridized carbons (Fsp3) is 0.429. The second kappa shape index (κ2) is 3.71. The predicted octanol–water partition coefficient (Wildman–Crippen LogP) is -1.02. The second-order valence-electron chi connectivity index (χ2n) is 2.95. The van der Waals surface area contributed by atoms with E-state index in [0.29, 0.717) is 9.13 Å². The molecule has 0 radical (unpaired) electrons. The van der Waals surface area contributed by atoms with Gasteiger partial charge in [0.15, 0.2) is 0 Å². The third kappa shape index (κ3) is 1.83. The zero-order valence-electron chi connectivity index (χ0n) is 7.91. The quantitative estimate of drug-likeness (QED) is 0.666. The number of hydrogen-bond donors (Lipinski definition) is 2. The van der Waals surface area contributed by atoms with Gasteiger partial charge in [0.25, 0.3) is 12.0 Å². The molecule has 0 atom stereocenters. The molecule has 8 heteroatoms. The van der Waals surface area contributed by atoms with E-state index < -0.39 is 35.7 Å². The Labute approximate surface area is 82.7 Å². The highest BCUT2D eigenvalue weighted by molar-refractivity contribution is 5.56. The first-order chi connectivity index (χ1) is 6.86. The molecule has 0 amide bonds. The first kappa shape index (κ1) is 11.2. The molecule has 0 bridgehead atoms. The van der Waals surface area contributed by atoms with Crippen LogP contribution in [-0.2, 0) is 13.6 Å². The standard InChI is InChI=1S/C7H10F2N4O2/c1-12-6(14)4(10)5(11)13(7(12)15)2-3(8)9/h3H,2,10-11H2,1H3. The lowest BCUT2D eigenvalue weighted by molar-refractivity contribution is 0.125. The monoisotopic (exact) mass is 220 g/mol. The largest absolute Gasteiger partial charge is 0.391 e. The molecule has 0 unspecified atom stereocenters. The maximum atomic E-state index is 12.1. The Balaban J connectivity index is 3.53. The second-order valence-corrected chi connectivity index (χ2v) is 2.95. The lowest BCUT2D eigenvalue weighted by atomic mass is 10.4.